The first kappa shape index (κ1) is 19.2. The Labute approximate surface area is 167 Å². The van der Waals surface area contributed by atoms with Crippen molar-refractivity contribution in [1.29, 1.82) is 0 Å². The Balaban J connectivity index is 1.53. The summed E-state index contributed by atoms with van der Waals surface area (Å²) in [5.41, 5.74) is 1.55. The third-order valence-electron chi connectivity index (χ3n) is 4.87. The van der Waals surface area contributed by atoms with Gasteiger partial charge in [-0.25, -0.2) is 8.78 Å². The quantitative estimate of drug-likeness (QED) is 0.610. The predicted molar refractivity (Wildman–Crippen MR) is 106 cm³/mol. The third kappa shape index (κ3) is 4.33. The number of rotatable bonds is 7. The zero-order valence-electron chi connectivity index (χ0n) is 16.6. The van der Waals surface area contributed by atoms with E-state index < -0.39 is 17.7 Å². The highest BCUT2D eigenvalue weighted by Gasteiger charge is 2.28. The van der Waals surface area contributed by atoms with Crippen molar-refractivity contribution in [2.24, 2.45) is 0 Å². The Morgan fingerprint density at radius 2 is 1.90 bits per heavy atom. The van der Waals surface area contributed by atoms with Crippen molar-refractivity contribution in [1.82, 2.24) is 24.7 Å². The molecule has 1 aliphatic carbocycles. The van der Waals surface area contributed by atoms with E-state index in [1.807, 2.05) is 10.7 Å². The van der Waals surface area contributed by atoms with Gasteiger partial charge in [-0.05, 0) is 39.7 Å². The van der Waals surface area contributed by atoms with Gasteiger partial charge in [-0.1, -0.05) is 6.07 Å². The summed E-state index contributed by atoms with van der Waals surface area (Å²) in [6.45, 7) is 6.37. The molecule has 0 aliphatic heterocycles. The topological polar surface area (TPSA) is 80.5 Å². The van der Waals surface area contributed by atoms with Gasteiger partial charge in [-0.3, -0.25) is 4.68 Å². The van der Waals surface area contributed by atoms with Crippen molar-refractivity contribution in [2.75, 3.05) is 10.6 Å². The van der Waals surface area contributed by atoms with Crippen LogP contribution in [0, 0.1) is 18.6 Å². The second-order valence-electron chi connectivity index (χ2n) is 7.23. The molecular weight excluding hydrogens is 376 g/mol. The molecule has 1 aromatic carbocycles. The fourth-order valence-corrected chi connectivity index (χ4v) is 3.29. The van der Waals surface area contributed by atoms with E-state index in [1.54, 1.807) is 13.8 Å². The number of halogens is 2. The normalized spacial score (nSPS) is 14.7. The zero-order chi connectivity index (χ0) is 20.5. The van der Waals surface area contributed by atoms with Crippen molar-refractivity contribution in [3.05, 3.63) is 53.0 Å². The molecule has 1 fully saturated rings. The number of anilines is 3. The summed E-state index contributed by atoms with van der Waals surface area (Å²) in [4.78, 5) is 13.0. The lowest BCUT2D eigenvalue weighted by Crippen LogP contribution is -2.13. The van der Waals surface area contributed by atoms with Gasteiger partial charge < -0.3 is 10.6 Å². The Kier molecular flexibility index (Phi) is 5.12. The second kappa shape index (κ2) is 7.73. The van der Waals surface area contributed by atoms with E-state index >= 15 is 0 Å². The molecule has 4 rings (SSSR count). The summed E-state index contributed by atoms with van der Waals surface area (Å²) in [5, 5.41) is 10.8. The smallest absolute Gasteiger partial charge is 0.233 e. The second-order valence-corrected chi connectivity index (χ2v) is 7.23. The van der Waals surface area contributed by atoms with Crippen LogP contribution in [0.15, 0.2) is 24.3 Å². The van der Waals surface area contributed by atoms with Crippen LogP contribution in [0.5, 0.6) is 0 Å². The highest BCUT2D eigenvalue weighted by molar-refractivity contribution is 5.50. The molecule has 1 aliphatic rings. The summed E-state index contributed by atoms with van der Waals surface area (Å²) in [6, 6.07) is 5.08. The first-order chi connectivity index (χ1) is 13.9. The molecule has 2 N–H and O–H groups in total. The van der Waals surface area contributed by atoms with E-state index in [4.69, 9.17) is 0 Å². The van der Waals surface area contributed by atoms with Crippen molar-refractivity contribution >= 4 is 17.7 Å². The van der Waals surface area contributed by atoms with Crippen LogP contribution in [0.2, 0.25) is 0 Å². The molecule has 152 valence electrons. The van der Waals surface area contributed by atoms with Crippen LogP contribution in [-0.4, -0.2) is 24.7 Å². The fourth-order valence-electron chi connectivity index (χ4n) is 3.29. The maximum absolute atomic E-state index is 14.0. The van der Waals surface area contributed by atoms with Gasteiger partial charge in [-0.2, -0.15) is 20.1 Å². The largest absolute Gasteiger partial charge is 0.347 e. The van der Waals surface area contributed by atoms with Crippen LogP contribution in [0.3, 0.4) is 0 Å². The number of aryl methyl sites for hydroxylation is 2. The standard InChI is InChI=1S/C20H23F2N7/c1-4-29-17(13-5-6-13)10-18(28-29)26-20-25-12(3)24-19(27-20)23-11(2)15-8-7-14(21)9-16(15)22/h7-11,13H,4-6H2,1-3H3,(H2,23,24,25,26,27,28). The van der Waals surface area contributed by atoms with E-state index in [2.05, 4.69) is 37.6 Å². The minimum atomic E-state index is -0.619. The summed E-state index contributed by atoms with van der Waals surface area (Å²) in [7, 11) is 0. The zero-order valence-corrected chi connectivity index (χ0v) is 16.6. The molecule has 2 aromatic heterocycles. The third-order valence-corrected chi connectivity index (χ3v) is 4.87. The van der Waals surface area contributed by atoms with Gasteiger partial charge in [0, 0.05) is 35.9 Å². The molecule has 3 aromatic rings. The Bertz CT molecular complexity index is 1030. The maximum Gasteiger partial charge on any atom is 0.233 e. The van der Waals surface area contributed by atoms with Crippen LogP contribution in [0.4, 0.5) is 26.5 Å². The van der Waals surface area contributed by atoms with Gasteiger partial charge in [0.2, 0.25) is 11.9 Å². The van der Waals surface area contributed by atoms with Crippen LogP contribution in [0.25, 0.3) is 0 Å². The molecule has 2 heterocycles. The molecule has 1 saturated carbocycles. The van der Waals surface area contributed by atoms with Gasteiger partial charge >= 0.3 is 0 Å². The minimum Gasteiger partial charge on any atom is -0.347 e. The first-order valence-corrected chi connectivity index (χ1v) is 9.72. The molecule has 9 heteroatoms. The average Bonchev–Trinajstić information content (AvgIpc) is 3.42. The number of hydrogen-bond acceptors (Lipinski definition) is 6. The average molecular weight is 399 g/mol. The van der Waals surface area contributed by atoms with Gasteiger partial charge in [-0.15, -0.1) is 0 Å². The molecule has 0 spiro atoms. The molecule has 1 unspecified atom stereocenters. The van der Waals surface area contributed by atoms with Gasteiger partial charge in [0.15, 0.2) is 5.82 Å². The number of benzene rings is 1. The highest BCUT2D eigenvalue weighted by Crippen LogP contribution is 2.41. The lowest BCUT2D eigenvalue weighted by Gasteiger charge is -2.15. The fraction of sp³-hybridized carbons (Fsp3) is 0.400. The number of nitrogens with zero attached hydrogens (tertiary/aromatic N) is 5. The van der Waals surface area contributed by atoms with E-state index in [-0.39, 0.29) is 0 Å². The molecule has 29 heavy (non-hydrogen) atoms. The molecule has 0 radical (unpaired) electrons. The van der Waals surface area contributed by atoms with Crippen molar-refractivity contribution in [2.45, 2.75) is 52.1 Å². The Hall–Kier alpha value is -3.10. The van der Waals surface area contributed by atoms with E-state index in [9.17, 15) is 8.78 Å². The summed E-state index contributed by atoms with van der Waals surface area (Å²) >= 11 is 0. The Morgan fingerprint density at radius 1 is 1.14 bits per heavy atom. The van der Waals surface area contributed by atoms with E-state index in [0.717, 1.165) is 12.6 Å². The monoisotopic (exact) mass is 399 g/mol. The molecule has 0 saturated heterocycles. The van der Waals surface area contributed by atoms with E-state index in [0.29, 0.717) is 35.0 Å². The van der Waals surface area contributed by atoms with Crippen molar-refractivity contribution < 1.29 is 8.78 Å². The maximum atomic E-state index is 14.0. The van der Waals surface area contributed by atoms with Crippen molar-refractivity contribution in [3.8, 4) is 0 Å². The van der Waals surface area contributed by atoms with Gasteiger partial charge in [0.25, 0.3) is 0 Å². The molecular formula is C20H23F2N7. The molecule has 1 atom stereocenters. The van der Waals surface area contributed by atoms with Gasteiger partial charge in [0.1, 0.15) is 17.5 Å². The highest BCUT2D eigenvalue weighted by atomic mass is 19.1. The van der Waals surface area contributed by atoms with E-state index in [1.165, 1.54) is 30.7 Å². The number of hydrogen-bond donors (Lipinski definition) is 2. The summed E-state index contributed by atoms with van der Waals surface area (Å²) in [6.07, 6.45) is 2.39. The SMILES string of the molecule is CCn1nc(Nc2nc(C)nc(NC(C)c3ccc(F)cc3F)n2)cc1C1CC1. The molecule has 7 nitrogen and oxygen atoms in total. The minimum absolute atomic E-state index is 0.300. The van der Waals surface area contributed by atoms with Crippen LogP contribution in [0.1, 0.15) is 55.7 Å². The van der Waals surface area contributed by atoms with Gasteiger partial charge in [0.05, 0.1) is 6.04 Å². The lowest BCUT2D eigenvalue weighted by atomic mass is 10.1. The van der Waals surface area contributed by atoms with Crippen LogP contribution in [-0.2, 0) is 6.54 Å². The Morgan fingerprint density at radius 3 is 2.59 bits per heavy atom. The number of nitrogens with one attached hydrogen (secondary N) is 2. The first-order valence-electron chi connectivity index (χ1n) is 9.72. The molecule has 0 bridgehead atoms. The van der Waals surface area contributed by atoms with Crippen molar-refractivity contribution in [3.63, 3.8) is 0 Å². The summed E-state index contributed by atoms with van der Waals surface area (Å²) < 4.78 is 29.2. The van der Waals surface area contributed by atoms with Crippen LogP contribution >= 0.6 is 0 Å². The number of aromatic nitrogens is 5. The lowest BCUT2D eigenvalue weighted by molar-refractivity contribution is 0.566. The van der Waals surface area contributed by atoms with Crippen LogP contribution < -0.4 is 10.6 Å². The summed E-state index contributed by atoms with van der Waals surface area (Å²) in [5.74, 6) is 1.20. The predicted octanol–water partition coefficient (Wildman–Crippen LogP) is 4.47. The molecule has 0 amide bonds.